The largest absolute Gasteiger partial charge is 0.395 e. The fraction of sp³-hybridized carbons (Fsp3) is 1.00. The first-order valence-electron chi connectivity index (χ1n) is 7.08. The molecule has 1 saturated heterocycles. The van der Waals surface area contributed by atoms with Gasteiger partial charge in [0.05, 0.1) is 6.61 Å². The first-order valence-corrected chi connectivity index (χ1v) is 7.08. The molecule has 0 bridgehead atoms. The van der Waals surface area contributed by atoms with E-state index in [-0.39, 0.29) is 6.61 Å². The van der Waals surface area contributed by atoms with Crippen LogP contribution in [-0.4, -0.2) is 55.4 Å². The molecule has 1 aliphatic heterocycles. The van der Waals surface area contributed by atoms with Gasteiger partial charge in [-0.25, -0.2) is 0 Å². The van der Waals surface area contributed by atoms with Crippen LogP contribution < -0.4 is 11.1 Å². The summed E-state index contributed by atoms with van der Waals surface area (Å²) < 4.78 is 0. The molecule has 4 N–H and O–H groups in total. The van der Waals surface area contributed by atoms with Gasteiger partial charge < -0.3 is 21.1 Å². The summed E-state index contributed by atoms with van der Waals surface area (Å²) in [4.78, 5) is 2.49. The third-order valence-electron chi connectivity index (χ3n) is 3.97. The molecule has 4 heteroatoms. The van der Waals surface area contributed by atoms with Gasteiger partial charge in [-0.1, -0.05) is 12.8 Å². The number of rotatable bonds is 7. The maximum Gasteiger partial charge on any atom is 0.0556 e. The summed E-state index contributed by atoms with van der Waals surface area (Å²) in [7, 11) is 0. The minimum absolute atomic E-state index is 0.237. The maximum atomic E-state index is 8.89. The van der Waals surface area contributed by atoms with Crippen LogP contribution in [0, 0.1) is 11.8 Å². The van der Waals surface area contributed by atoms with E-state index < -0.39 is 0 Å². The number of aliphatic hydroxyl groups is 1. The van der Waals surface area contributed by atoms with E-state index in [9.17, 15) is 0 Å². The highest BCUT2D eigenvalue weighted by atomic mass is 16.3. The monoisotopic (exact) mass is 241 g/mol. The molecule has 2 unspecified atom stereocenters. The predicted molar refractivity (Wildman–Crippen MR) is 69.8 cm³/mol. The number of nitrogens with two attached hydrogens (primary N) is 1. The van der Waals surface area contributed by atoms with E-state index in [1.54, 1.807) is 0 Å². The lowest BCUT2D eigenvalue weighted by atomic mass is 9.89. The van der Waals surface area contributed by atoms with Gasteiger partial charge in [-0.2, -0.15) is 0 Å². The summed E-state index contributed by atoms with van der Waals surface area (Å²) in [5, 5.41) is 12.3. The molecule has 1 aliphatic carbocycles. The van der Waals surface area contributed by atoms with Crippen molar-refractivity contribution in [3.8, 4) is 0 Å². The van der Waals surface area contributed by atoms with E-state index in [1.165, 1.54) is 32.2 Å². The molecule has 2 fully saturated rings. The first-order chi connectivity index (χ1) is 8.31. The smallest absolute Gasteiger partial charge is 0.0556 e. The Morgan fingerprint density at radius 3 is 2.71 bits per heavy atom. The Bertz CT molecular complexity index is 221. The van der Waals surface area contributed by atoms with Crippen molar-refractivity contribution in [2.45, 2.75) is 31.7 Å². The third kappa shape index (κ3) is 4.54. The lowest BCUT2D eigenvalue weighted by Gasteiger charge is -2.38. The van der Waals surface area contributed by atoms with Gasteiger partial charge >= 0.3 is 0 Å². The van der Waals surface area contributed by atoms with Crippen molar-refractivity contribution in [2.24, 2.45) is 17.6 Å². The molecule has 1 heterocycles. The second-order valence-corrected chi connectivity index (χ2v) is 5.70. The highest BCUT2D eigenvalue weighted by Crippen LogP contribution is 2.37. The van der Waals surface area contributed by atoms with Gasteiger partial charge in [0.25, 0.3) is 0 Å². The molecule has 17 heavy (non-hydrogen) atoms. The number of hydrogen-bond acceptors (Lipinski definition) is 4. The maximum absolute atomic E-state index is 8.89. The zero-order chi connectivity index (χ0) is 12.1. The van der Waals surface area contributed by atoms with E-state index >= 15 is 0 Å². The number of nitrogens with zero attached hydrogens (tertiary/aromatic N) is 1. The Labute approximate surface area is 105 Å². The molecular formula is C13H27N3O. The average molecular weight is 241 g/mol. The van der Waals surface area contributed by atoms with Crippen molar-refractivity contribution in [3.63, 3.8) is 0 Å². The van der Waals surface area contributed by atoms with Crippen LogP contribution in [0.25, 0.3) is 0 Å². The lowest BCUT2D eigenvalue weighted by Crippen LogP contribution is -2.51. The van der Waals surface area contributed by atoms with E-state index in [0.29, 0.717) is 6.04 Å². The molecule has 0 radical (unpaired) electrons. The molecule has 100 valence electrons. The second-order valence-electron chi connectivity index (χ2n) is 5.70. The highest BCUT2D eigenvalue weighted by molar-refractivity contribution is 4.87. The summed E-state index contributed by atoms with van der Waals surface area (Å²) >= 11 is 0. The minimum Gasteiger partial charge on any atom is -0.395 e. The van der Waals surface area contributed by atoms with Gasteiger partial charge in [-0.3, -0.25) is 0 Å². The van der Waals surface area contributed by atoms with Gasteiger partial charge in [-0.15, -0.1) is 0 Å². The highest BCUT2D eigenvalue weighted by Gasteiger charge is 2.31. The molecule has 1 saturated carbocycles. The fourth-order valence-electron chi connectivity index (χ4n) is 3.08. The Morgan fingerprint density at radius 1 is 1.24 bits per heavy atom. The minimum atomic E-state index is 0.237. The van der Waals surface area contributed by atoms with E-state index in [2.05, 4.69) is 10.2 Å². The molecule has 0 aromatic rings. The number of likely N-dealkylation sites (tertiary alicyclic amines) is 1. The SMILES string of the molecule is NCCN1CC(CC2CC2)CC(NCCO)C1. The number of hydrogen-bond donors (Lipinski definition) is 3. The summed E-state index contributed by atoms with van der Waals surface area (Å²) in [5.41, 5.74) is 5.66. The Balaban J connectivity index is 1.79. The van der Waals surface area contributed by atoms with Crippen LogP contribution in [0.1, 0.15) is 25.7 Å². The van der Waals surface area contributed by atoms with Crippen molar-refractivity contribution >= 4 is 0 Å². The van der Waals surface area contributed by atoms with Gasteiger partial charge in [0.2, 0.25) is 0 Å². The molecular weight excluding hydrogens is 214 g/mol. The van der Waals surface area contributed by atoms with Crippen LogP contribution in [0.15, 0.2) is 0 Å². The van der Waals surface area contributed by atoms with E-state index in [4.69, 9.17) is 10.8 Å². The van der Waals surface area contributed by atoms with Crippen molar-refractivity contribution in [1.82, 2.24) is 10.2 Å². The van der Waals surface area contributed by atoms with Crippen LogP contribution >= 0.6 is 0 Å². The van der Waals surface area contributed by atoms with Gasteiger partial charge in [0.15, 0.2) is 0 Å². The standard InChI is InChI=1S/C13H27N3O/c14-3-5-16-9-12(7-11-1-2-11)8-13(10-16)15-4-6-17/h11-13,15,17H,1-10,14H2. The van der Waals surface area contributed by atoms with E-state index in [1.807, 2.05) is 0 Å². The molecule has 0 aromatic carbocycles. The second kappa shape index (κ2) is 6.69. The Hall–Kier alpha value is -0.160. The van der Waals surface area contributed by atoms with Crippen LogP contribution in [0.5, 0.6) is 0 Å². The van der Waals surface area contributed by atoms with Gasteiger partial charge in [-0.05, 0) is 24.7 Å². The average Bonchev–Trinajstić information content (AvgIpc) is 3.10. The summed E-state index contributed by atoms with van der Waals surface area (Å²) in [6.07, 6.45) is 5.57. The predicted octanol–water partition coefficient (Wildman–Crippen LogP) is 0.0176. The quantitative estimate of drug-likeness (QED) is 0.588. The normalized spacial score (nSPS) is 30.7. The molecule has 0 amide bonds. The van der Waals surface area contributed by atoms with Crippen molar-refractivity contribution in [1.29, 1.82) is 0 Å². The Kier molecular flexibility index (Phi) is 5.22. The number of nitrogens with one attached hydrogen (secondary N) is 1. The van der Waals surface area contributed by atoms with Crippen LogP contribution in [0.4, 0.5) is 0 Å². The van der Waals surface area contributed by atoms with Crippen molar-refractivity contribution in [2.75, 3.05) is 39.3 Å². The van der Waals surface area contributed by atoms with Crippen molar-refractivity contribution < 1.29 is 5.11 Å². The van der Waals surface area contributed by atoms with Gasteiger partial charge in [0.1, 0.15) is 0 Å². The number of piperidine rings is 1. The molecule has 2 aliphatic rings. The molecule has 0 aromatic heterocycles. The zero-order valence-corrected chi connectivity index (χ0v) is 10.8. The number of aliphatic hydroxyl groups excluding tert-OH is 1. The summed E-state index contributed by atoms with van der Waals surface area (Å²) in [6, 6.07) is 0.547. The molecule has 2 atom stereocenters. The van der Waals surface area contributed by atoms with Crippen molar-refractivity contribution in [3.05, 3.63) is 0 Å². The van der Waals surface area contributed by atoms with Crippen LogP contribution in [0.2, 0.25) is 0 Å². The molecule has 4 nitrogen and oxygen atoms in total. The van der Waals surface area contributed by atoms with Crippen LogP contribution in [0.3, 0.4) is 0 Å². The topological polar surface area (TPSA) is 61.5 Å². The molecule has 0 spiro atoms. The summed E-state index contributed by atoms with van der Waals surface area (Å²) in [5.74, 6) is 1.84. The fourth-order valence-corrected chi connectivity index (χ4v) is 3.08. The Morgan fingerprint density at radius 2 is 2.06 bits per heavy atom. The molecule has 2 rings (SSSR count). The van der Waals surface area contributed by atoms with Gasteiger partial charge in [0, 0.05) is 38.8 Å². The van der Waals surface area contributed by atoms with E-state index in [0.717, 1.165) is 38.0 Å². The first kappa shape index (κ1) is 13.3. The lowest BCUT2D eigenvalue weighted by molar-refractivity contribution is 0.132. The zero-order valence-electron chi connectivity index (χ0n) is 10.8. The third-order valence-corrected chi connectivity index (χ3v) is 3.97. The summed E-state index contributed by atoms with van der Waals surface area (Å²) in [6.45, 7) is 5.04. The van der Waals surface area contributed by atoms with Crippen LogP contribution in [-0.2, 0) is 0 Å².